The van der Waals surface area contributed by atoms with Crippen molar-refractivity contribution in [2.24, 2.45) is 0 Å². The topological polar surface area (TPSA) is 95.9 Å². The van der Waals surface area contributed by atoms with Crippen LogP contribution in [-0.4, -0.2) is 47.4 Å². The molecule has 552 valence electrons. The predicted molar refractivity (Wildman–Crippen MR) is 412 cm³/mol. The van der Waals surface area contributed by atoms with Gasteiger partial charge in [0.05, 0.1) is 25.4 Å². The van der Waals surface area contributed by atoms with Crippen LogP contribution in [0.1, 0.15) is 495 Å². The highest BCUT2D eigenvalue weighted by molar-refractivity contribution is 5.76. The van der Waals surface area contributed by atoms with Crippen LogP contribution < -0.4 is 5.32 Å². The average Bonchev–Trinajstić information content (AvgIpc) is 3.78. The molecular weight excluding hydrogens is 1140 g/mol. The van der Waals surface area contributed by atoms with Gasteiger partial charge in [-0.2, -0.15) is 0 Å². The highest BCUT2D eigenvalue weighted by atomic mass is 16.5. The Labute approximate surface area is 583 Å². The lowest BCUT2D eigenvalue weighted by molar-refractivity contribution is -0.143. The second-order valence-corrected chi connectivity index (χ2v) is 29.9. The van der Waals surface area contributed by atoms with Gasteiger partial charge in [-0.3, -0.25) is 9.59 Å². The number of hydrogen-bond donors (Lipinski definition) is 3. The molecule has 6 nitrogen and oxygen atoms in total. The fourth-order valence-corrected chi connectivity index (χ4v) is 13.9. The van der Waals surface area contributed by atoms with Crippen molar-refractivity contribution in [2.75, 3.05) is 13.2 Å². The number of nitrogens with one attached hydrogen (secondary N) is 1. The Kier molecular flexibility index (Phi) is 81.3. The summed E-state index contributed by atoms with van der Waals surface area (Å²) in [6, 6.07) is -0.626. The number of amides is 1. The molecule has 2 unspecified atom stereocenters. The minimum atomic E-state index is -0.843. The van der Waals surface area contributed by atoms with Crippen molar-refractivity contribution in [2.45, 2.75) is 508 Å². The summed E-state index contributed by atoms with van der Waals surface area (Å²) >= 11 is 0. The number of rotatable bonds is 82. The molecule has 0 aromatic heterocycles. The van der Waals surface area contributed by atoms with Gasteiger partial charge in [-0.25, -0.2) is 0 Å². The van der Waals surface area contributed by atoms with Crippen LogP contribution in [0.15, 0.2) is 24.3 Å². The number of aliphatic hydroxyl groups excluding tert-OH is 2. The molecule has 0 bridgehead atoms. The van der Waals surface area contributed by atoms with E-state index in [4.69, 9.17) is 4.74 Å². The van der Waals surface area contributed by atoms with Crippen molar-refractivity contribution in [3.8, 4) is 0 Å². The third-order valence-corrected chi connectivity index (χ3v) is 20.5. The first-order valence-corrected chi connectivity index (χ1v) is 43.1. The van der Waals surface area contributed by atoms with Crippen LogP contribution in [0.4, 0.5) is 0 Å². The summed E-state index contributed by atoms with van der Waals surface area (Å²) in [4.78, 5) is 24.7. The first-order valence-electron chi connectivity index (χ1n) is 43.1. The molecule has 0 aliphatic rings. The maximum atomic E-state index is 12.6. The zero-order chi connectivity index (χ0) is 67.0. The van der Waals surface area contributed by atoms with E-state index < -0.39 is 12.1 Å². The van der Waals surface area contributed by atoms with Crippen LogP contribution in [0.5, 0.6) is 0 Å². The smallest absolute Gasteiger partial charge is 0.305 e. The molecule has 0 fully saturated rings. The molecule has 0 heterocycles. The summed E-state index contributed by atoms with van der Waals surface area (Å²) in [6.45, 7) is 4.97. The third kappa shape index (κ3) is 79.2. The minimum Gasteiger partial charge on any atom is -0.466 e. The number of unbranched alkanes of at least 4 members (excludes halogenated alkanes) is 69. The molecule has 0 aromatic carbocycles. The number of ether oxygens (including phenoxy) is 1. The van der Waals surface area contributed by atoms with Crippen LogP contribution in [-0.2, 0) is 14.3 Å². The molecule has 93 heavy (non-hydrogen) atoms. The van der Waals surface area contributed by atoms with E-state index in [-0.39, 0.29) is 18.5 Å². The molecule has 0 spiro atoms. The number of esters is 1. The summed E-state index contributed by atoms with van der Waals surface area (Å²) in [7, 11) is 0. The predicted octanol–water partition coefficient (Wildman–Crippen LogP) is 28.8. The largest absolute Gasteiger partial charge is 0.466 e. The minimum absolute atomic E-state index is 0.0257. The molecule has 0 rings (SSSR count). The van der Waals surface area contributed by atoms with Crippen molar-refractivity contribution < 1.29 is 24.5 Å². The Hall–Kier alpha value is -1.66. The highest BCUT2D eigenvalue weighted by Gasteiger charge is 2.18. The normalized spacial score (nSPS) is 12.5. The SMILES string of the molecule is CCCCCCCCCCCCCCCCCCCCCCC/C=C/C(O)C(CO)NC(=O)CCCCCCCCCCCCCCCCCCC/C=C\CCCCCCCCCCCCCCCCOC(=O)CCCCCCCCCCCCCCCCCCCC. The zero-order valence-corrected chi connectivity index (χ0v) is 63.5. The van der Waals surface area contributed by atoms with Gasteiger partial charge in [-0.1, -0.05) is 449 Å². The Morgan fingerprint density at radius 3 is 0.763 bits per heavy atom. The Morgan fingerprint density at radius 2 is 0.505 bits per heavy atom. The summed E-state index contributed by atoms with van der Waals surface area (Å²) in [5.74, 6) is -0.0331. The molecule has 2 atom stereocenters. The summed E-state index contributed by atoms with van der Waals surface area (Å²) in [6.07, 6.45) is 108. The van der Waals surface area contributed by atoms with Gasteiger partial charge in [0.1, 0.15) is 0 Å². The Bertz CT molecular complexity index is 1460. The fraction of sp³-hybridized carbons (Fsp3) is 0.931. The van der Waals surface area contributed by atoms with Gasteiger partial charge < -0.3 is 20.3 Å². The van der Waals surface area contributed by atoms with E-state index in [9.17, 15) is 19.8 Å². The molecule has 0 aliphatic heterocycles. The van der Waals surface area contributed by atoms with Crippen LogP contribution in [0.25, 0.3) is 0 Å². The monoisotopic (exact) mass is 1310 g/mol. The highest BCUT2D eigenvalue weighted by Crippen LogP contribution is 2.21. The van der Waals surface area contributed by atoms with E-state index in [0.29, 0.717) is 19.4 Å². The number of carbonyl (C=O) groups is 2. The van der Waals surface area contributed by atoms with Crippen molar-refractivity contribution in [3.05, 3.63) is 24.3 Å². The third-order valence-electron chi connectivity index (χ3n) is 20.5. The van der Waals surface area contributed by atoms with Crippen molar-refractivity contribution in [1.82, 2.24) is 5.32 Å². The fourth-order valence-electron chi connectivity index (χ4n) is 13.9. The number of aliphatic hydroxyl groups is 2. The summed E-state index contributed by atoms with van der Waals surface area (Å²) in [5.41, 5.74) is 0. The van der Waals surface area contributed by atoms with Crippen molar-refractivity contribution in [1.29, 1.82) is 0 Å². The quantitative estimate of drug-likeness (QED) is 0.0320. The first-order chi connectivity index (χ1) is 46.0. The van der Waals surface area contributed by atoms with Crippen LogP contribution in [0.2, 0.25) is 0 Å². The molecular formula is C87H169NO5. The van der Waals surface area contributed by atoms with E-state index in [2.05, 4.69) is 31.3 Å². The van der Waals surface area contributed by atoms with Crippen molar-refractivity contribution >= 4 is 11.9 Å². The van der Waals surface area contributed by atoms with E-state index >= 15 is 0 Å². The standard InChI is InChI=1S/C87H169NO5/c1-3-5-7-9-11-13-15-17-19-21-23-24-38-41-44-47-51-55-59-63-67-71-75-79-85(90)84(83-89)88-86(91)80-76-72-68-64-60-56-52-48-45-42-39-36-34-32-30-28-26-25-27-29-31-33-35-37-40-43-46-50-54-58-62-66-70-74-78-82-93-87(92)81-77-73-69-65-61-57-53-49-22-20-18-16-14-12-10-8-6-4-2/h27,29,75,79,84-85,89-90H,3-26,28,30-74,76-78,80-83H2,1-2H3,(H,88,91)/b29-27-,79-75+. The van der Waals surface area contributed by atoms with Gasteiger partial charge in [-0.15, -0.1) is 0 Å². The van der Waals surface area contributed by atoms with Gasteiger partial charge in [0, 0.05) is 12.8 Å². The van der Waals surface area contributed by atoms with Crippen LogP contribution in [0.3, 0.4) is 0 Å². The summed E-state index contributed by atoms with van der Waals surface area (Å²) < 4.78 is 5.52. The number of hydrogen-bond acceptors (Lipinski definition) is 5. The molecule has 6 heteroatoms. The summed E-state index contributed by atoms with van der Waals surface area (Å²) in [5, 5.41) is 23.3. The molecule has 3 N–H and O–H groups in total. The molecule has 0 aliphatic carbocycles. The lowest BCUT2D eigenvalue weighted by Crippen LogP contribution is -2.45. The molecule has 1 amide bonds. The first kappa shape index (κ1) is 91.3. The van der Waals surface area contributed by atoms with Gasteiger partial charge in [-0.05, 0) is 57.8 Å². The molecule has 0 saturated heterocycles. The van der Waals surface area contributed by atoms with Crippen LogP contribution >= 0.6 is 0 Å². The maximum absolute atomic E-state index is 12.6. The second-order valence-electron chi connectivity index (χ2n) is 29.9. The maximum Gasteiger partial charge on any atom is 0.305 e. The lowest BCUT2D eigenvalue weighted by atomic mass is 10.0. The lowest BCUT2D eigenvalue weighted by Gasteiger charge is -2.20. The van der Waals surface area contributed by atoms with E-state index in [1.807, 2.05) is 6.08 Å². The van der Waals surface area contributed by atoms with Crippen LogP contribution in [0, 0.1) is 0 Å². The van der Waals surface area contributed by atoms with Gasteiger partial charge in [0.2, 0.25) is 5.91 Å². The zero-order valence-electron chi connectivity index (χ0n) is 63.5. The second kappa shape index (κ2) is 82.8. The Morgan fingerprint density at radius 1 is 0.290 bits per heavy atom. The van der Waals surface area contributed by atoms with Gasteiger partial charge >= 0.3 is 5.97 Å². The van der Waals surface area contributed by atoms with E-state index in [1.165, 1.54) is 430 Å². The average molecular weight is 1310 g/mol. The van der Waals surface area contributed by atoms with Crippen molar-refractivity contribution in [3.63, 3.8) is 0 Å². The Balaban J connectivity index is 3.35. The molecule has 0 saturated carbocycles. The van der Waals surface area contributed by atoms with Gasteiger partial charge in [0.25, 0.3) is 0 Å². The number of carbonyl (C=O) groups excluding carboxylic acids is 2. The molecule has 0 aromatic rings. The van der Waals surface area contributed by atoms with E-state index in [1.54, 1.807) is 6.08 Å². The van der Waals surface area contributed by atoms with Gasteiger partial charge in [0.15, 0.2) is 0 Å². The number of allylic oxidation sites excluding steroid dienone is 3. The van der Waals surface area contributed by atoms with E-state index in [0.717, 1.165) is 38.5 Å². The molecule has 0 radical (unpaired) electrons.